The summed E-state index contributed by atoms with van der Waals surface area (Å²) in [5, 5.41) is 0. The maximum atomic E-state index is 13.1. The SMILES string of the molecule is COC(=O)[C@@H]1CN(C(=O)C2CCN(S(C)(=O)=O)CC2)c2ccccc2O1. The van der Waals surface area contributed by atoms with Gasteiger partial charge in [-0.2, -0.15) is 0 Å². The van der Waals surface area contributed by atoms with Crippen LogP contribution in [0.1, 0.15) is 12.8 Å². The molecular weight excluding hydrogens is 360 g/mol. The van der Waals surface area contributed by atoms with E-state index in [1.807, 2.05) is 0 Å². The Balaban J connectivity index is 1.79. The second kappa shape index (κ2) is 7.24. The van der Waals surface area contributed by atoms with E-state index in [1.54, 1.807) is 29.2 Å². The Bertz CT molecular complexity index is 801. The monoisotopic (exact) mass is 382 g/mol. The highest BCUT2D eigenvalue weighted by atomic mass is 32.2. The number of carbonyl (C=O) groups is 2. The number of nitrogens with zero attached hydrogens (tertiary/aromatic N) is 2. The Morgan fingerprint density at radius 1 is 1.19 bits per heavy atom. The lowest BCUT2D eigenvalue weighted by Crippen LogP contribution is -2.51. The maximum Gasteiger partial charge on any atom is 0.348 e. The van der Waals surface area contributed by atoms with Gasteiger partial charge in [-0.1, -0.05) is 12.1 Å². The molecule has 0 bridgehead atoms. The van der Waals surface area contributed by atoms with E-state index in [0.29, 0.717) is 37.4 Å². The van der Waals surface area contributed by atoms with Gasteiger partial charge in [-0.25, -0.2) is 17.5 Å². The molecule has 1 aromatic carbocycles. The lowest BCUT2D eigenvalue weighted by molar-refractivity contribution is -0.148. The van der Waals surface area contributed by atoms with E-state index >= 15 is 0 Å². The van der Waals surface area contributed by atoms with Gasteiger partial charge < -0.3 is 14.4 Å². The largest absolute Gasteiger partial charge is 0.475 e. The van der Waals surface area contributed by atoms with Gasteiger partial charge in [0.1, 0.15) is 5.75 Å². The van der Waals surface area contributed by atoms with Crippen molar-refractivity contribution in [3.8, 4) is 5.75 Å². The Morgan fingerprint density at radius 3 is 2.46 bits per heavy atom. The van der Waals surface area contributed by atoms with Gasteiger partial charge in [-0.15, -0.1) is 0 Å². The summed E-state index contributed by atoms with van der Waals surface area (Å²) in [6.45, 7) is 0.720. The van der Waals surface area contributed by atoms with E-state index in [4.69, 9.17) is 9.47 Å². The maximum absolute atomic E-state index is 13.1. The number of methoxy groups -OCH3 is 1. The zero-order chi connectivity index (χ0) is 18.9. The molecule has 2 heterocycles. The van der Waals surface area contributed by atoms with Crippen LogP contribution in [0.4, 0.5) is 5.69 Å². The number of hydrogen-bond donors (Lipinski definition) is 0. The molecular formula is C17H22N2O6S. The third kappa shape index (κ3) is 3.68. The number of fused-ring (bicyclic) bond motifs is 1. The lowest BCUT2D eigenvalue weighted by atomic mass is 9.95. The molecule has 1 fully saturated rings. The topological polar surface area (TPSA) is 93.2 Å². The molecule has 1 saturated heterocycles. The Kier molecular flexibility index (Phi) is 5.19. The number of anilines is 1. The predicted octanol–water partition coefficient (Wildman–Crippen LogP) is 0.625. The van der Waals surface area contributed by atoms with Crippen LogP contribution in [-0.4, -0.2) is 63.7 Å². The number of amides is 1. The first-order valence-electron chi connectivity index (χ1n) is 8.41. The number of carbonyl (C=O) groups excluding carboxylic acids is 2. The summed E-state index contributed by atoms with van der Waals surface area (Å²) in [4.78, 5) is 26.6. The fourth-order valence-corrected chi connectivity index (χ4v) is 4.23. The van der Waals surface area contributed by atoms with Crippen LogP contribution in [0.15, 0.2) is 24.3 Å². The van der Waals surface area contributed by atoms with Gasteiger partial charge in [-0.05, 0) is 25.0 Å². The smallest absolute Gasteiger partial charge is 0.348 e. The molecule has 0 N–H and O–H groups in total. The number of piperidine rings is 1. The average molecular weight is 382 g/mol. The summed E-state index contributed by atoms with van der Waals surface area (Å²) in [5.41, 5.74) is 0.614. The first-order valence-corrected chi connectivity index (χ1v) is 10.3. The van der Waals surface area contributed by atoms with Crippen molar-refractivity contribution in [1.82, 2.24) is 4.31 Å². The first-order chi connectivity index (χ1) is 12.3. The minimum Gasteiger partial charge on any atom is -0.475 e. The molecule has 2 aliphatic heterocycles. The number of esters is 1. The van der Waals surface area contributed by atoms with Crippen LogP contribution in [0.25, 0.3) is 0 Å². The van der Waals surface area contributed by atoms with E-state index in [1.165, 1.54) is 17.7 Å². The summed E-state index contributed by atoms with van der Waals surface area (Å²) in [7, 11) is -1.97. The van der Waals surface area contributed by atoms with Crippen LogP contribution in [0.3, 0.4) is 0 Å². The highest BCUT2D eigenvalue weighted by Crippen LogP contribution is 2.35. The summed E-state index contributed by atoms with van der Waals surface area (Å²) in [6.07, 6.45) is 1.20. The molecule has 0 aromatic heterocycles. The molecule has 1 amide bonds. The van der Waals surface area contributed by atoms with Crippen LogP contribution >= 0.6 is 0 Å². The van der Waals surface area contributed by atoms with E-state index in [-0.39, 0.29) is 18.4 Å². The van der Waals surface area contributed by atoms with E-state index < -0.39 is 22.1 Å². The van der Waals surface area contributed by atoms with Crippen molar-refractivity contribution in [2.45, 2.75) is 18.9 Å². The van der Waals surface area contributed by atoms with Crippen molar-refractivity contribution >= 4 is 27.6 Å². The molecule has 3 rings (SSSR count). The average Bonchev–Trinajstić information content (AvgIpc) is 2.65. The number of hydrogen-bond acceptors (Lipinski definition) is 6. The van der Waals surface area contributed by atoms with Crippen molar-refractivity contribution < 1.29 is 27.5 Å². The standard InChI is InChI=1S/C17H22N2O6S/c1-24-17(21)15-11-19(13-5-3-4-6-14(13)25-15)16(20)12-7-9-18(10-8-12)26(2,22)23/h3-6,12,15H,7-11H2,1-2H3/t15-/m0/s1. The van der Waals surface area contributed by atoms with Gasteiger partial charge >= 0.3 is 5.97 Å². The molecule has 142 valence electrons. The molecule has 0 radical (unpaired) electrons. The summed E-state index contributed by atoms with van der Waals surface area (Å²) < 4.78 is 35.1. The fraction of sp³-hybridized carbons (Fsp3) is 0.529. The molecule has 2 aliphatic rings. The predicted molar refractivity (Wildman–Crippen MR) is 94.4 cm³/mol. The fourth-order valence-electron chi connectivity index (χ4n) is 3.35. The van der Waals surface area contributed by atoms with Gasteiger partial charge in [0.25, 0.3) is 0 Å². The van der Waals surface area contributed by atoms with Gasteiger partial charge in [0.2, 0.25) is 22.0 Å². The van der Waals surface area contributed by atoms with Crippen LogP contribution in [0.2, 0.25) is 0 Å². The molecule has 8 nitrogen and oxygen atoms in total. The van der Waals surface area contributed by atoms with Crippen molar-refractivity contribution in [1.29, 1.82) is 0 Å². The Hall–Kier alpha value is -2.13. The Labute approximate surface area is 152 Å². The van der Waals surface area contributed by atoms with Gasteiger partial charge in [0.05, 0.1) is 25.6 Å². The number of sulfonamides is 1. The normalized spacial score (nSPS) is 21.6. The van der Waals surface area contributed by atoms with Crippen molar-refractivity contribution in [3.05, 3.63) is 24.3 Å². The third-order valence-electron chi connectivity index (χ3n) is 4.78. The van der Waals surface area contributed by atoms with Crippen LogP contribution < -0.4 is 9.64 Å². The number of rotatable bonds is 3. The minimum absolute atomic E-state index is 0.0782. The quantitative estimate of drug-likeness (QED) is 0.712. The van der Waals surface area contributed by atoms with Gasteiger partial charge in [0.15, 0.2) is 0 Å². The molecule has 0 unspecified atom stereocenters. The Morgan fingerprint density at radius 2 is 1.85 bits per heavy atom. The molecule has 26 heavy (non-hydrogen) atoms. The van der Waals surface area contributed by atoms with Crippen LogP contribution in [0.5, 0.6) is 5.75 Å². The third-order valence-corrected chi connectivity index (χ3v) is 6.08. The molecule has 9 heteroatoms. The van der Waals surface area contributed by atoms with Gasteiger partial charge in [0, 0.05) is 19.0 Å². The molecule has 0 aliphatic carbocycles. The summed E-state index contributed by atoms with van der Waals surface area (Å²) >= 11 is 0. The zero-order valence-electron chi connectivity index (χ0n) is 14.8. The first kappa shape index (κ1) is 18.7. The molecule has 0 spiro atoms. The second-order valence-electron chi connectivity index (χ2n) is 6.48. The van der Waals surface area contributed by atoms with Gasteiger partial charge in [-0.3, -0.25) is 4.79 Å². The molecule has 1 aromatic rings. The van der Waals surface area contributed by atoms with E-state index in [2.05, 4.69) is 0 Å². The van der Waals surface area contributed by atoms with Crippen LogP contribution in [0, 0.1) is 5.92 Å². The summed E-state index contributed by atoms with van der Waals surface area (Å²) in [5.74, 6) is -0.500. The number of benzene rings is 1. The number of ether oxygens (including phenoxy) is 2. The lowest BCUT2D eigenvalue weighted by Gasteiger charge is -2.37. The van der Waals surface area contributed by atoms with E-state index in [9.17, 15) is 18.0 Å². The van der Waals surface area contributed by atoms with Crippen molar-refractivity contribution in [3.63, 3.8) is 0 Å². The second-order valence-corrected chi connectivity index (χ2v) is 8.46. The van der Waals surface area contributed by atoms with Crippen LogP contribution in [-0.2, 0) is 24.3 Å². The molecule has 1 atom stereocenters. The zero-order valence-corrected chi connectivity index (χ0v) is 15.6. The highest BCUT2D eigenvalue weighted by molar-refractivity contribution is 7.88. The minimum atomic E-state index is -3.24. The summed E-state index contributed by atoms with van der Waals surface area (Å²) in [6, 6.07) is 7.04. The van der Waals surface area contributed by atoms with Crippen molar-refractivity contribution in [2.75, 3.05) is 37.9 Å². The van der Waals surface area contributed by atoms with E-state index in [0.717, 1.165) is 0 Å². The van der Waals surface area contributed by atoms with Crippen molar-refractivity contribution in [2.24, 2.45) is 5.92 Å². The number of para-hydroxylation sites is 2. The molecule has 0 saturated carbocycles. The highest BCUT2D eigenvalue weighted by Gasteiger charge is 2.38.